The van der Waals surface area contributed by atoms with E-state index >= 15 is 0 Å². The molecule has 3 unspecified atom stereocenters. The van der Waals surface area contributed by atoms with Crippen molar-refractivity contribution in [2.75, 3.05) is 44.5 Å². The van der Waals surface area contributed by atoms with Crippen LogP contribution in [0.25, 0.3) is 10.9 Å². The maximum atomic E-state index is 11.4. The molecule has 0 bridgehead atoms. The molecule has 0 amide bonds. The number of hydrogen-bond acceptors (Lipinski definition) is 8. The van der Waals surface area contributed by atoms with E-state index in [4.69, 9.17) is 9.97 Å². The quantitative estimate of drug-likeness (QED) is 0.173. The topological polar surface area (TPSA) is 91.4 Å². The van der Waals surface area contributed by atoms with Gasteiger partial charge in [-0.2, -0.15) is 4.98 Å². The van der Waals surface area contributed by atoms with E-state index < -0.39 is 0 Å². The summed E-state index contributed by atoms with van der Waals surface area (Å²) < 4.78 is 4.68. The number of benzene rings is 1. The normalized spacial score (nSPS) is 20.1. The number of nitrogens with one attached hydrogen (secondary N) is 3. The lowest BCUT2D eigenvalue weighted by molar-refractivity contribution is -0.134. The SMILES string of the molecule is C=C1NC=C(CNCC2CCCC(Nc3nc(N(C)C)c4ccccc4n3)CC2)C1C/C=C/C(=O)OC.CC.CC. The minimum atomic E-state index is -0.327. The number of rotatable bonds is 10. The first-order chi connectivity index (χ1) is 19.9. The summed E-state index contributed by atoms with van der Waals surface area (Å²) in [6.07, 6.45) is 12.0. The van der Waals surface area contributed by atoms with E-state index in [0.717, 1.165) is 60.7 Å². The highest BCUT2D eigenvalue weighted by atomic mass is 16.5. The van der Waals surface area contributed by atoms with Crippen molar-refractivity contribution in [3.63, 3.8) is 0 Å². The molecule has 0 saturated heterocycles. The van der Waals surface area contributed by atoms with Crippen molar-refractivity contribution in [2.45, 2.75) is 72.3 Å². The number of fused-ring (bicyclic) bond motifs is 1. The van der Waals surface area contributed by atoms with Gasteiger partial charge in [0, 0.05) is 56.0 Å². The van der Waals surface area contributed by atoms with E-state index in [1.54, 1.807) is 0 Å². The molecule has 226 valence electrons. The summed E-state index contributed by atoms with van der Waals surface area (Å²) in [7, 11) is 5.44. The number of nitrogens with zero attached hydrogens (tertiary/aromatic N) is 3. The molecule has 0 spiro atoms. The summed E-state index contributed by atoms with van der Waals surface area (Å²) in [6, 6.07) is 8.57. The first-order valence-electron chi connectivity index (χ1n) is 15.2. The van der Waals surface area contributed by atoms with Crippen LogP contribution in [0.2, 0.25) is 0 Å². The lowest BCUT2D eigenvalue weighted by Gasteiger charge is -2.20. The fraction of sp³-hybridized carbons (Fsp3) is 0.545. The second-order valence-electron chi connectivity index (χ2n) is 10.2. The van der Waals surface area contributed by atoms with Crippen LogP contribution in [0.15, 0.2) is 60.5 Å². The lowest BCUT2D eigenvalue weighted by Crippen LogP contribution is -2.26. The van der Waals surface area contributed by atoms with Gasteiger partial charge in [0.25, 0.3) is 0 Å². The van der Waals surface area contributed by atoms with E-state index in [1.165, 1.54) is 38.0 Å². The third-order valence-corrected chi connectivity index (χ3v) is 7.33. The number of anilines is 2. The fourth-order valence-corrected chi connectivity index (χ4v) is 5.24. The Hall–Kier alpha value is -3.39. The van der Waals surface area contributed by atoms with E-state index in [2.05, 4.69) is 44.3 Å². The second-order valence-corrected chi connectivity index (χ2v) is 10.2. The van der Waals surface area contributed by atoms with Gasteiger partial charge in [0.05, 0.1) is 12.6 Å². The molecule has 1 aliphatic heterocycles. The first kappa shape index (κ1) is 33.8. The van der Waals surface area contributed by atoms with Crippen molar-refractivity contribution in [1.29, 1.82) is 0 Å². The van der Waals surface area contributed by atoms with E-state index in [1.807, 2.05) is 66.2 Å². The predicted molar refractivity (Wildman–Crippen MR) is 173 cm³/mol. The van der Waals surface area contributed by atoms with E-state index in [0.29, 0.717) is 12.0 Å². The highest BCUT2D eigenvalue weighted by molar-refractivity contribution is 5.90. The van der Waals surface area contributed by atoms with Crippen molar-refractivity contribution in [1.82, 2.24) is 20.6 Å². The molecule has 8 nitrogen and oxygen atoms in total. The summed E-state index contributed by atoms with van der Waals surface area (Å²) in [5.41, 5.74) is 3.22. The van der Waals surface area contributed by atoms with Crippen LogP contribution in [0.3, 0.4) is 0 Å². The Bertz CT molecular complexity index is 1160. The van der Waals surface area contributed by atoms with Crippen molar-refractivity contribution >= 4 is 28.6 Å². The number of para-hydroxylation sites is 1. The van der Waals surface area contributed by atoms with Gasteiger partial charge in [-0.15, -0.1) is 0 Å². The zero-order chi connectivity index (χ0) is 30.2. The highest BCUT2D eigenvalue weighted by Crippen LogP contribution is 2.29. The molecule has 2 aliphatic rings. The standard InChI is InChI=1S/C29H40N6O2.2C2H6/c1-20-24(12-8-14-27(36)37-4)22(19-31-20)18-30-17-21-9-7-10-23(16-15-21)32-29-33-26-13-6-5-11-25(26)28(34-29)35(2)3;2*1-2/h5-6,8,11,13-14,19,21,23-24,30-31H,1,7,9-10,12,15-18H2,2-4H3,(H,32,33,34);2*1-2H3/b14-8+;;. The third kappa shape index (κ3) is 10.2. The number of carbonyl (C=O) groups is 1. The molecule has 8 heteroatoms. The smallest absolute Gasteiger partial charge is 0.330 e. The van der Waals surface area contributed by atoms with Crippen LogP contribution in [-0.2, 0) is 9.53 Å². The number of esters is 1. The average Bonchev–Trinajstić information content (AvgIpc) is 3.19. The lowest BCUT2D eigenvalue weighted by atomic mass is 9.95. The molecular weight excluding hydrogens is 512 g/mol. The maximum absolute atomic E-state index is 11.4. The van der Waals surface area contributed by atoms with Gasteiger partial charge in [0.15, 0.2) is 0 Å². The summed E-state index contributed by atoms with van der Waals surface area (Å²) in [6.45, 7) is 13.9. The largest absolute Gasteiger partial charge is 0.466 e. The van der Waals surface area contributed by atoms with Crippen molar-refractivity contribution in [3.05, 3.63) is 60.5 Å². The van der Waals surface area contributed by atoms with Crippen LogP contribution in [0.1, 0.15) is 66.2 Å². The van der Waals surface area contributed by atoms with Gasteiger partial charge in [-0.1, -0.05) is 58.9 Å². The van der Waals surface area contributed by atoms with Crippen LogP contribution in [-0.4, -0.2) is 56.3 Å². The van der Waals surface area contributed by atoms with Gasteiger partial charge in [-0.05, 0) is 62.3 Å². The van der Waals surface area contributed by atoms with Gasteiger partial charge < -0.3 is 25.6 Å². The molecule has 1 fully saturated rings. The van der Waals surface area contributed by atoms with Gasteiger partial charge in [-0.25, -0.2) is 9.78 Å². The molecule has 1 aromatic carbocycles. The number of carbonyl (C=O) groups excluding carboxylic acids is 1. The zero-order valence-electron chi connectivity index (χ0n) is 26.3. The molecule has 2 aromatic rings. The molecule has 0 radical (unpaired) electrons. The number of ether oxygens (including phenoxy) is 1. The molecule has 4 rings (SSSR count). The Morgan fingerprint density at radius 1 is 1.12 bits per heavy atom. The van der Waals surface area contributed by atoms with Crippen LogP contribution < -0.4 is 20.9 Å². The van der Waals surface area contributed by atoms with Crippen LogP contribution in [0.4, 0.5) is 11.8 Å². The highest BCUT2D eigenvalue weighted by Gasteiger charge is 2.23. The maximum Gasteiger partial charge on any atom is 0.330 e. The molecule has 1 saturated carbocycles. The Morgan fingerprint density at radius 2 is 1.88 bits per heavy atom. The molecule has 1 aliphatic carbocycles. The van der Waals surface area contributed by atoms with Crippen LogP contribution in [0, 0.1) is 11.8 Å². The Labute approximate surface area is 247 Å². The second kappa shape index (κ2) is 18.1. The van der Waals surface area contributed by atoms with E-state index in [-0.39, 0.29) is 11.9 Å². The molecule has 41 heavy (non-hydrogen) atoms. The van der Waals surface area contributed by atoms with Gasteiger partial charge in [0.1, 0.15) is 5.82 Å². The third-order valence-electron chi connectivity index (χ3n) is 7.33. The number of methoxy groups -OCH3 is 1. The number of aromatic nitrogens is 2. The molecule has 2 heterocycles. The van der Waals surface area contributed by atoms with Crippen molar-refractivity contribution in [2.24, 2.45) is 11.8 Å². The number of allylic oxidation sites excluding steroid dienone is 2. The van der Waals surface area contributed by atoms with E-state index in [9.17, 15) is 4.79 Å². The molecular formula is C33H52N6O2. The molecule has 3 N–H and O–H groups in total. The summed E-state index contributed by atoms with van der Waals surface area (Å²) >= 11 is 0. The average molecular weight is 565 g/mol. The molecule has 3 atom stereocenters. The first-order valence-corrected chi connectivity index (χ1v) is 15.2. The van der Waals surface area contributed by atoms with Crippen LogP contribution in [0.5, 0.6) is 0 Å². The summed E-state index contributed by atoms with van der Waals surface area (Å²) in [5.74, 6) is 2.19. The van der Waals surface area contributed by atoms with Crippen LogP contribution >= 0.6 is 0 Å². The fourth-order valence-electron chi connectivity index (χ4n) is 5.24. The minimum absolute atomic E-state index is 0.199. The van der Waals surface area contributed by atoms with Gasteiger partial charge >= 0.3 is 5.97 Å². The Balaban J connectivity index is 0.00000141. The van der Waals surface area contributed by atoms with Gasteiger partial charge in [0.2, 0.25) is 5.95 Å². The summed E-state index contributed by atoms with van der Waals surface area (Å²) in [4.78, 5) is 23.0. The minimum Gasteiger partial charge on any atom is -0.466 e. The zero-order valence-corrected chi connectivity index (χ0v) is 26.3. The summed E-state index contributed by atoms with van der Waals surface area (Å²) in [5, 5.41) is 11.6. The Morgan fingerprint density at radius 3 is 2.61 bits per heavy atom. The van der Waals surface area contributed by atoms with Crippen molar-refractivity contribution < 1.29 is 9.53 Å². The molecule has 1 aromatic heterocycles. The van der Waals surface area contributed by atoms with Gasteiger partial charge in [-0.3, -0.25) is 0 Å². The monoisotopic (exact) mass is 564 g/mol. The number of hydrogen-bond donors (Lipinski definition) is 3. The van der Waals surface area contributed by atoms with Crippen molar-refractivity contribution in [3.8, 4) is 0 Å². The Kier molecular flexibility index (Phi) is 14.9. The predicted octanol–water partition coefficient (Wildman–Crippen LogP) is 6.43.